The number of piperidine rings is 1. The Morgan fingerprint density at radius 2 is 2.20 bits per heavy atom. The minimum Gasteiger partial charge on any atom is -0.312 e. The Morgan fingerprint density at radius 1 is 1.30 bits per heavy atom. The van der Waals surface area contributed by atoms with Crippen LogP contribution in [0.15, 0.2) is 6.07 Å². The van der Waals surface area contributed by atoms with Crippen molar-refractivity contribution in [1.29, 1.82) is 0 Å². The zero-order valence-electron chi connectivity index (χ0n) is 12.1. The van der Waals surface area contributed by atoms with Gasteiger partial charge in [-0.3, -0.25) is 4.90 Å². The SMILES string of the molecule is Cc1cc(Cl)nc(CN2CCCCC2C2CCCN2)n1. The van der Waals surface area contributed by atoms with Crippen LogP contribution in [0.1, 0.15) is 43.6 Å². The van der Waals surface area contributed by atoms with E-state index in [1.807, 2.05) is 13.0 Å². The Labute approximate surface area is 125 Å². The molecule has 2 saturated heterocycles. The number of aryl methyl sites for hydroxylation is 1. The average Bonchev–Trinajstić information content (AvgIpc) is 2.92. The Morgan fingerprint density at radius 3 is 2.95 bits per heavy atom. The molecule has 2 aliphatic rings. The molecule has 2 fully saturated rings. The van der Waals surface area contributed by atoms with Crippen molar-refractivity contribution >= 4 is 11.6 Å². The molecule has 3 heterocycles. The first-order chi connectivity index (χ1) is 9.72. The lowest BCUT2D eigenvalue weighted by atomic mass is 9.94. The topological polar surface area (TPSA) is 41.1 Å². The molecule has 5 heteroatoms. The Bertz CT molecular complexity index is 439. The molecule has 1 N–H and O–H groups in total. The zero-order chi connectivity index (χ0) is 13.9. The highest BCUT2D eigenvalue weighted by atomic mass is 35.5. The van der Waals surface area contributed by atoms with Crippen molar-refractivity contribution in [3.63, 3.8) is 0 Å². The Balaban J connectivity index is 1.72. The predicted molar refractivity (Wildman–Crippen MR) is 80.9 cm³/mol. The second-order valence-electron chi connectivity index (χ2n) is 5.98. The lowest BCUT2D eigenvalue weighted by Crippen LogP contribution is -2.49. The maximum Gasteiger partial charge on any atom is 0.144 e. The smallest absolute Gasteiger partial charge is 0.144 e. The average molecular weight is 295 g/mol. The largest absolute Gasteiger partial charge is 0.312 e. The molecule has 0 spiro atoms. The third kappa shape index (κ3) is 3.30. The van der Waals surface area contributed by atoms with Gasteiger partial charge in [0.25, 0.3) is 0 Å². The van der Waals surface area contributed by atoms with Crippen molar-refractivity contribution in [3.8, 4) is 0 Å². The number of hydrogen-bond acceptors (Lipinski definition) is 4. The van der Waals surface area contributed by atoms with Crippen LogP contribution in [-0.4, -0.2) is 40.0 Å². The van der Waals surface area contributed by atoms with Gasteiger partial charge in [0.05, 0.1) is 6.54 Å². The molecule has 0 bridgehead atoms. The minimum absolute atomic E-state index is 0.556. The van der Waals surface area contributed by atoms with Crippen LogP contribution < -0.4 is 5.32 Å². The molecule has 4 nitrogen and oxygen atoms in total. The molecule has 2 aliphatic heterocycles. The maximum atomic E-state index is 6.05. The van der Waals surface area contributed by atoms with Gasteiger partial charge in [-0.2, -0.15) is 0 Å². The number of hydrogen-bond donors (Lipinski definition) is 1. The lowest BCUT2D eigenvalue weighted by Gasteiger charge is -2.38. The van der Waals surface area contributed by atoms with E-state index < -0.39 is 0 Å². The minimum atomic E-state index is 0.556. The van der Waals surface area contributed by atoms with E-state index in [4.69, 9.17) is 11.6 Å². The van der Waals surface area contributed by atoms with E-state index in [0.29, 0.717) is 17.2 Å². The summed E-state index contributed by atoms with van der Waals surface area (Å²) in [7, 11) is 0. The lowest BCUT2D eigenvalue weighted by molar-refractivity contribution is 0.109. The van der Waals surface area contributed by atoms with Gasteiger partial charge in [-0.15, -0.1) is 0 Å². The number of likely N-dealkylation sites (tertiary alicyclic amines) is 1. The Hall–Kier alpha value is -0.710. The summed E-state index contributed by atoms with van der Waals surface area (Å²) in [4.78, 5) is 11.5. The van der Waals surface area contributed by atoms with Crippen LogP contribution in [0.2, 0.25) is 5.15 Å². The number of rotatable bonds is 3. The summed E-state index contributed by atoms with van der Waals surface area (Å²) in [6.07, 6.45) is 6.52. The maximum absolute atomic E-state index is 6.05. The molecule has 0 aromatic carbocycles. The molecule has 20 heavy (non-hydrogen) atoms. The van der Waals surface area contributed by atoms with Gasteiger partial charge in [0.2, 0.25) is 0 Å². The van der Waals surface area contributed by atoms with Crippen LogP contribution in [-0.2, 0) is 6.54 Å². The summed E-state index contributed by atoms with van der Waals surface area (Å²) in [5.74, 6) is 0.861. The third-order valence-electron chi connectivity index (χ3n) is 4.44. The van der Waals surface area contributed by atoms with Crippen LogP contribution in [0.5, 0.6) is 0 Å². The van der Waals surface area contributed by atoms with E-state index in [0.717, 1.165) is 24.6 Å². The molecule has 1 aromatic heterocycles. The first-order valence-electron chi connectivity index (χ1n) is 7.70. The van der Waals surface area contributed by atoms with Crippen LogP contribution in [0, 0.1) is 6.92 Å². The molecule has 0 amide bonds. The van der Waals surface area contributed by atoms with Crippen LogP contribution in [0.4, 0.5) is 0 Å². The van der Waals surface area contributed by atoms with Gasteiger partial charge >= 0.3 is 0 Å². The van der Waals surface area contributed by atoms with Gasteiger partial charge in [0.15, 0.2) is 0 Å². The number of halogens is 1. The fourth-order valence-corrected chi connectivity index (χ4v) is 3.81. The molecule has 1 aromatic rings. The van der Waals surface area contributed by atoms with E-state index in [2.05, 4.69) is 20.2 Å². The molecule has 0 aliphatic carbocycles. The first-order valence-corrected chi connectivity index (χ1v) is 8.07. The second-order valence-corrected chi connectivity index (χ2v) is 6.37. The fourth-order valence-electron chi connectivity index (χ4n) is 3.55. The quantitative estimate of drug-likeness (QED) is 0.870. The van der Waals surface area contributed by atoms with Crippen molar-refractivity contribution in [1.82, 2.24) is 20.2 Å². The highest BCUT2D eigenvalue weighted by Crippen LogP contribution is 2.25. The summed E-state index contributed by atoms with van der Waals surface area (Å²) < 4.78 is 0. The van der Waals surface area contributed by atoms with Crippen LogP contribution >= 0.6 is 11.6 Å². The van der Waals surface area contributed by atoms with Gasteiger partial charge in [-0.1, -0.05) is 18.0 Å². The normalized spacial score (nSPS) is 27.9. The molecule has 0 radical (unpaired) electrons. The molecule has 110 valence electrons. The predicted octanol–water partition coefficient (Wildman–Crippen LogP) is 2.54. The van der Waals surface area contributed by atoms with E-state index in [9.17, 15) is 0 Å². The van der Waals surface area contributed by atoms with Crippen molar-refractivity contribution in [2.75, 3.05) is 13.1 Å². The molecule has 2 unspecified atom stereocenters. The summed E-state index contributed by atoms with van der Waals surface area (Å²) in [6, 6.07) is 3.10. The van der Waals surface area contributed by atoms with Gasteiger partial charge < -0.3 is 5.32 Å². The number of nitrogens with zero attached hydrogens (tertiary/aromatic N) is 3. The van der Waals surface area contributed by atoms with E-state index in [1.165, 1.54) is 38.6 Å². The van der Waals surface area contributed by atoms with Crippen LogP contribution in [0.25, 0.3) is 0 Å². The van der Waals surface area contributed by atoms with Crippen LogP contribution in [0.3, 0.4) is 0 Å². The number of nitrogens with one attached hydrogen (secondary N) is 1. The molecular weight excluding hydrogens is 272 g/mol. The Kier molecular flexibility index (Phi) is 4.54. The van der Waals surface area contributed by atoms with Crippen molar-refractivity contribution < 1.29 is 0 Å². The highest BCUT2D eigenvalue weighted by molar-refractivity contribution is 6.29. The van der Waals surface area contributed by atoms with Gasteiger partial charge in [-0.25, -0.2) is 9.97 Å². The standard InChI is InChI=1S/C15H23ClN4/c1-11-9-14(16)19-15(18-11)10-20-8-3-2-6-13(20)12-5-4-7-17-12/h9,12-13,17H,2-8,10H2,1H3. The van der Waals surface area contributed by atoms with Gasteiger partial charge in [-0.05, 0) is 51.8 Å². The van der Waals surface area contributed by atoms with E-state index in [1.54, 1.807) is 0 Å². The monoisotopic (exact) mass is 294 g/mol. The first kappa shape index (κ1) is 14.2. The third-order valence-corrected chi connectivity index (χ3v) is 4.63. The van der Waals surface area contributed by atoms with Gasteiger partial charge in [0, 0.05) is 17.8 Å². The summed E-state index contributed by atoms with van der Waals surface area (Å²) in [6.45, 7) is 5.12. The van der Waals surface area contributed by atoms with E-state index in [-0.39, 0.29) is 0 Å². The van der Waals surface area contributed by atoms with Crippen molar-refractivity contribution in [3.05, 3.63) is 22.7 Å². The summed E-state index contributed by atoms with van der Waals surface area (Å²) >= 11 is 6.05. The highest BCUT2D eigenvalue weighted by Gasteiger charge is 2.31. The molecule has 2 atom stereocenters. The molecule has 3 rings (SSSR count). The number of aromatic nitrogens is 2. The molecule has 0 saturated carbocycles. The fraction of sp³-hybridized carbons (Fsp3) is 0.733. The van der Waals surface area contributed by atoms with Gasteiger partial charge in [0.1, 0.15) is 11.0 Å². The molecular formula is C15H23ClN4. The van der Waals surface area contributed by atoms with Crippen molar-refractivity contribution in [2.24, 2.45) is 0 Å². The summed E-state index contributed by atoms with van der Waals surface area (Å²) in [5.41, 5.74) is 0.951. The summed E-state index contributed by atoms with van der Waals surface area (Å²) in [5, 5.41) is 4.21. The zero-order valence-corrected chi connectivity index (χ0v) is 12.9. The van der Waals surface area contributed by atoms with Crippen molar-refractivity contribution in [2.45, 2.75) is 57.7 Å². The van der Waals surface area contributed by atoms with E-state index >= 15 is 0 Å². The second kappa shape index (κ2) is 6.37.